The van der Waals surface area contributed by atoms with Gasteiger partial charge < -0.3 is 19.7 Å². The molecular weight excluding hydrogens is 320 g/mol. The van der Waals surface area contributed by atoms with E-state index >= 15 is 0 Å². The molecule has 1 amide bonds. The highest BCUT2D eigenvalue weighted by Gasteiger charge is 2.40. The van der Waals surface area contributed by atoms with Gasteiger partial charge in [-0.25, -0.2) is 0 Å². The number of nitrogens with zero attached hydrogens (tertiary/aromatic N) is 3. The van der Waals surface area contributed by atoms with Crippen molar-refractivity contribution in [1.82, 2.24) is 15.5 Å². The third-order valence-corrected chi connectivity index (χ3v) is 5.49. The van der Waals surface area contributed by atoms with Gasteiger partial charge in [0.15, 0.2) is 17.3 Å². The normalized spacial score (nSPS) is 23.8. The van der Waals surface area contributed by atoms with Crippen molar-refractivity contribution in [2.24, 2.45) is 0 Å². The van der Waals surface area contributed by atoms with Crippen LogP contribution in [0.15, 0.2) is 12.1 Å². The number of rotatable bonds is 3. The molecule has 0 radical (unpaired) electrons. The summed E-state index contributed by atoms with van der Waals surface area (Å²) >= 11 is 0. The molecule has 1 aromatic heterocycles. The molecule has 0 bridgehead atoms. The van der Waals surface area contributed by atoms with E-state index in [1.807, 2.05) is 6.07 Å². The smallest absolute Gasteiger partial charge is 0.272 e. The molecule has 4 rings (SSSR count). The molecule has 25 heavy (non-hydrogen) atoms. The van der Waals surface area contributed by atoms with E-state index in [-0.39, 0.29) is 17.7 Å². The second-order valence-corrected chi connectivity index (χ2v) is 7.18. The van der Waals surface area contributed by atoms with Gasteiger partial charge in [-0.15, -0.1) is 10.2 Å². The fourth-order valence-corrected chi connectivity index (χ4v) is 3.98. The van der Waals surface area contributed by atoms with Gasteiger partial charge in [-0.05, 0) is 25.0 Å². The molecule has 3 fully saturated rings. The molecule has 1 saturated carbocycles. The minimum atomic E-state index is -0.385. The second kappa shape index (κ2) is 7.25. The van der Waals surface area contributed by atoms with Gasteiger partial charge in [0.05, 0.1) is 13.2 Å². The van der Waals surface area contributed by atoms with Crippen molar-refractivity contribution in [3.05, 3.63) is 17.8 Å². The standard InChI is InChI=1S/C18H26N4O3/c23-17(19-14-4-2-1-3-5-14)15-6-7-16(21-20-15)22-10-8-18(9-11-22)24-12-13-25-18/h6-7,14H,1-5,8-13H2,(H,19,23). The van der Waals surface area contributed by atoms with Crippen LogP contribution in [0.2, 0.25) is 0 Å². The Hall–Kier alpha value is -1.73. The van der Waals surface area contributed by atoms with E-state index in [0.717, 1.165) is 44.6 Å². The van der Waals surface area contributed by atoms with Crippen LogP contribution in [0.3, 0.4) is 0 Å². The van der Waals surface area contributed by atoms with Crippen LogP contribution >= 0.6 is 0 Å². The number of nitrogens with one attached hydrogen (secondary N) is 1. The molecule has 0 atom stereocenters. The van der Waals surface area contributed by atoms with E-state index in [1.165, 1.54) is 19.3 Å². The van der Waals surface area contributed by atoms with Crippen molar-refractivity contribution < 1.29 is 14.3 Å². The van der Waals surface area contributed by atoms with E-state index in [4.69, 9.17) is 9.47 Å². The summed E-state index contributed by atoms with van der Waals surface area (Å²) < 4.78 is 11.5. The zero-order valence-electron chi connectivity index (χ0n) is 14.6. The molecule has 1 aliphatic carbocycles. The van der Waals surface area contributed by atoms with Crippen LogP contribution in [-0.4, -0.2) is 54.2 Å². The first-order valence-corrected chi connectivity index (χ1v) is 9.42. The maximum absolute atomic E-state index is 12.3. The molecule has 0 aromatic carbocycles. The summed E-state index contributed by atoms with van der Waals surface area (Å²) in [6.07, 6.45) is 7.46. The van der Waals surface area contributed by atoms with Crippen LogP contribution in [0, 0.1) is 0 Å². The highest BCUT2D eigenvalue weighted by molar-refractivity contribution is 5.92. The van der Waals surface area contributed by atoms with E-state index in [9.17, 15) is 4.79 Å². The Morgan fingerprint density at radius 1 is 1.08 bits per heavy atom. The van der Waals surface area contributed by atoms with Crippen LogP contribution in [0.5, 0.6) is 0 Å². The number of hydrogen-bond donors (Lipinski definition) is 1. The Bertz CT molecular complexity index is 585. The van der Waals surface area contributed by atoms with Crippen molar-refractivity contribution in [2.45, 2.75) is 56.8 Å². The van der Waals surface area contributed by atoms with Crippen LogP contribution < -0.4 is 10.2 Å². The lowest BCUT2D eigenvalue weighted by Crippen LogP contribution is -2.45. The molecule has 2 saturated heterocycles. The lowest BCUT2D eigenvalue weighted by Gasteiger charge is -2.37. The summed E-state index contributed by atoms with van der Waals surface area (Å²) in [4.78, 5) is 14.5. The van der Waals surface area contributed by atoms with Gasteiger partial charge >= 0.3 is 0 Å². The third-order valence-electron chi connectivity index (χ3n) is 5.49. The molecule has 3 aliphatic rings. The lowest BCUT2D eigenvalue weighted by atomic mass is 9.95. The number of aromatic nitrogens is 2. The van der Waals surface area contributed by atoms with Gasteiger partial charge in [-0.2, -0.15) is 0 Å². The molecular formula is C18H26N4O3. The van der Waals surface area contributed by atoms with E-state index < -0.39 is 0 Å². The largest absolute Gasteiger partial charge is 0.355 e. The summed E-state index contributed by atoms with van der Waals surface area (Å²) in [5.74, 6) is 0.308. The first-order chi connectivity index (χ1) is 12.2. The number of hydrogen-bond acceptors (Lipinski definition) is 6. The van der Waals surface area contributed by atoms with Crippen molar-refractivity contribution in [2.75, 3.05) is 31.2 Å². The molecule has 1 N–H and O–H groups in total. The van der Waals surface area contributed by atoms with Crippen LogP contribution in [0.1, 0.15) is 55.4 Å². The quantitative estimate of drug-likeness (QED) is 0.901. The number of carbonyl (C=O) groups excluding carboxylic acids is 1. The summed E-state index contributed by atoms with van der Waals surface area (Å²) in [7, 11) is 0. The Labute approximate surface area is 148 Å². The molecule has 2 aliphatic heterocycles. The summed E-state index contributed by atoms with van der Waals surface area (Å²) in [5, 5.41) is 11.5. The average Bonchev–Trinajstić information content (AvgIpc) is 3.11. The van der Waals surface area contributed by atoms with Crippen molar-refractivity contribution >= 4 is 11.7 Å². The molecule has 7 nitrogen and oxygen atoms in total. The van der Waals surface area contributed by atoms with Crippen LogP contribution in [0.4, 0.5) is 5.82 Å². The lowest BCUT2D eigenvalue weighted by molar-refractivity contribution is -0.169. The summed E-state index contributed by atoms with van der Waals surface area (Å²) in [6.45, 7) is 3.01. The zero-order valence-corrected chi connectivity index (χ0v) is 14.6. The van der Waals surface area contributed by atoms with Crippen LogP contribution in [-0.2, 0) is 9.47 Å². The number of carbonyl (C=O) groups is 1. The maximum atomic E-state index is 12.3. The minimum Gasteiger partial charge on any atom is -0.355 e. The van der Waals surface area contributed by atoms with Crippen LogP contribution in [0.25, 0.3) is 0 Å². The predicted octanol–water partition coefficient (Wildman–Crippen LogP) is 1.88. The highest BCUT2D eigenvalue weighted by Crippen LogP contribution is 2.32. The average molecular weight is 346 g/mol. The molecule has 0 unspecified atom stereocenters. The van der Waals surface area contributed by atoms with Crippen molar-refractivity contribution in [3.63, 3.8) is 0 Å². The number of ether oxygens (including phenoxy) is 2. The van der Waals surface area contributed by atoms with Gasteiger partial charge in [-0.3, -0.25) is 4.79 Å². The Morgan fingerprint density at radius 3 is 2.44 bits per heavy atom. The number of piperidine rings is 1. The molecule has 1 aromatic rings. The molecule has 1 spiro atoms. The Balaban J connectivity index is 1.33. The Morgan fingerprint density at radius 2 is 1.80 bits per heavy atom. The SMILES string of the molecule is O=C(NC1CCCCC1)c1ccc(N2CCC3(CC2)OCCO3)nn1. The van der Waals surface area contributed by atoms with Gasteiger partial charge in [-0.1, -0.05) is 19.3 Å². The summed E-state index contributed by atoms with van der Waals surface area (Å²) in [5.41, 5.74) is 0.394. The third kappa shape index (κ3) is 3.77. The molecule has 7 heteroatoms. The first kappa shape index (κ1) is 16.7. The fourth-order valence-electron chi connectivity index (χ4n) is 3.98. The van der Waals surface area contributed by atoms with Crippen molar-refractivity contribution in [1.29, 1.82) is 0 Å². The number of amides is 1. The highest BCUT2D eigenvalue weighted by atomic mass is 16.7. The monoisotopic (exact) mass is 346 g/mol. The molecule has 136 valence electrons. The minimum absolute atomic E-state index is 0.115. The predicted molar refractivity (Wildman–Crippen MR) is 92.5 cm³/mol. The van der Waals surface area contributed by atoms with E-state index in [0.29, 0.717) is 18.9 Å². The first-order valence-electron chi connectivity index (χ1n) is 9.42. The fraction of sp³-hybridized carbons (Fsp3) is 0.722. The topological polar surface area (TPSA) is 76.6 Å². The summed E-state index contributed by atoms with van der Waals surface area (Å²) in [6, 6.07) is 3.94. The second-order valence-electron chi connectivity index (χ2n) is 7.18. The van der Waals surface area contributed by atoms with Gasteiger partial charge in [0.25, 0.3) is 5.91 Å². The van der Waals surface area contributed by atoms with Crippen molar-refractivity contribution in [3.8, 4) is 0 Å². The number of anilines is 1. The van der Waals surface area contributed by atoms with E-state index in [1.54, 1.807) is 6.07 Å². The van der Waals surface area contributed by atoms with Gasteiger partial charge in [0.2, 0.25) is 0 Å². The Kier molecular flexibility index (Phi) is 4.85. The molecule has 3 heterocycles. The van der Waals surface area contributed by atoms with Gasteiger partial charge in [0.1, 0.15) is 0 Å². The zero-order chi connectivity index (χ0) is 17.1. The van der Waals surface area contributed by atoms with Gasteiger partial charge in [0, 0.05) is 32.0 Å². The van der Waals surface area contributed by atoms with E-state index in [2.05, 4.69) is 20.4 Å². The maximum Gasteiger partial charge on any atom is 0.272 e.